The minimum atomic E-state index is -3.38. The molecule has 5 heteroatoms. The maximum atomic E-state index is 12.2. The van der Waals surface area contributed by atoms with Gasteiger partial charge in [-0.1, -0.05) is 31.0 Å². The second-order valence-electron chi connectivity index (χ2n) is 5.21. The molecule has 0 aliphatic carbocycles. The van der Waals surface area contributed by atoms with E-state index in [0.29, 0.717) is 13.1 Å². The molecule has 1 rings (SSSR count). The SMILES string of the molecule is CCCCN(CC)C(=O)CCS(=O)(=O)c1ccc(C)cc1. The minimum absolute atomic E-state index is 0.0494. The largest absolute Gasteiger partial charge is 0.343 e. The Hall–Kier alpha value is -1.36. The van der Waals surface area contributed by atoms with Gasteiger partial charge < -0.3 is 4.90 Å². The molecule has 0 bridgehead atoms. The summed E-state index contributed by atoms with van der Waals surface area (Å²) in [4.78, 5) is 14.1. The molecule has 0 radical (unpaired) electrons. The lowest BCUT2D eigenvalue weighted by Crippen LogP contribution is -2.32. The molecule has 0 saturated carbocycles. The molecule has 0 heterocycles. The summed E-state index contributed by atoms with van der Waals surface area (Å²) in [6.07, 6.45) is 2.02. The number of unbranched alkanes of at least 4 members (excludes halogenated alkanes) is 1. The third-order valence-corrected chi connectivity index (χ3v) is 5.21. The molecule has 0 aliphatic rings. The first-order chi connectivity index (χ1) is 9.90. The number of amides is 1. The van der Waals surface area contributed by atoms with E-state index in [9.17, 15) is 13.2 Å². The number of carbonyl (C=O) groups is 1. The van der Waals surface area contributed by atoms with Gasteiger partial charge in [-0.3, -0.25) is 4.79 Å². The average molecular weight is 311 g/mol. The zero-order valence-corrected chi connectivity index (χ0v) is 13.9. The summed E-state index contributed by atoms with van der Waals surface area (Å²) in [6.45, 7) is 7.23. The summed E-state index contributed by atoms with van der Waals surface area (Å²) in [5.74, 6) is -0.209. The van der Waals surface area contributed by atoms with Gasteiger partial charge >= 0.3 is 0 Å². The lowest BCUT2D eigenvalue weighted by atomic mass is 10.2. The summed E-state index contributed by atoms with van der Waals surface area (Å²) in [5, 5.41) is 0. The molecule has 0 aliphatic heterocycles. The maximum absolute atomic E-state index is 12.2. The summed E-state index contributed by atoms with van der Waals surface area (Å²) in [6, 6.07) is 6.75. The number of rotatable bonds is 8. The maximum Gasteiger partial charge on any atom is 0.223 e. The van der Waals surface area contributed by atoms with Crippen molar-refractivity contribution in [3.8, 4) is 0 Å². The Bertz CT molecular complexity index is 549. The van der Waals surface area contributed by atoms with Crippen molar-refractivity contribution in [3.63, 3.8) is 0 Å². The third-order valence-electron chi connectivity index (χ3n) is 3.48. The number of carbonyl (C=O) groups excluding carboxylic acids is 1. The molecule has 0 atom stereocenters. The van der Waals surface area contributed by atoms with E-state index in [2.05, 4.69) is 6.92 Å². The number of aryl methyl sites for hydroxylation is 1. The second kappa shape index (κ2) is 8.17. The van der Waals surface area contributed by atoms with Crippen molar-refractivity contribution in [2.24, 2.45) is 0 Å². The lowest BCUT2D eigenvalue weighted by molar-refractivity contribution is -0.130. The standard InChI is InChI=1S/C16H25NO3S/c1-4-6-12-17(5-2)16(18)11-13-21(19,20)15-9-7-14(3)8-10-15/h7-10H,4-6,11-13H2,1-3H3. The predicted octanol–water partition coefficient (Wildman–Crippen LogP) is 2.81. The Kier molecular flexibility index (Phi) is 6.89. The zero-order chi connectivity index (χ0) is 15.9. The molecule has 0 saturated heterocycles. The molecule has 118 valence electrons. The quantitative estimate of drug-likeness (QED) is 0.742. The zero-order valence-electron chi connectivity index (χ0n) is 13.1. The Labute approximate surface area is 128 Å². The molecule has 0 fully saturated rings. The average Bonchev–Trinajstić information content (AvgIpc) is 2.46. The van der Waals surface area contributed by atoms with Gasteiger partial charge in [-0.05, 0) is 32.4 Å². The van der Waals surface area contributed by atoms with Crippen molar-refractivity contribution in [1.82, 2.24) is 4.90 Å². The van der Waals surface area contributed by atoms with Gasteiger partial charge in [0.25, 0.3) is 0 Å². The Morgan fingerprint density at radius 3 is 2.29 bits per heavy atom. The molecule has 1 aromatic rings. The van der Waals surface area contributed by atoms with E-state index in [-0.39, 0.29) is 23.0 Å². The number of benzene rings is 1. The van der Waals surface area contributed by atoms with E-state index in [0.717, 1.165) is 18.4 Å². The van der Waals surface area contributed by atoms with Crippen LogP contribution in [0.3, 0.4) is 0 Å². The van der Waals surface area contributed by atoms with Crippen molar-refractivity contribution in [1.29, 1.82) is 0 Å². The number of sulfone groups is 1. The highest BCUT2D eigenvalue weighted by atomic mass is 32.2. The van der Waals surface area contributed by atoms with E-state index in [1.165, 1.54) is 0 Å². The summed E-state index contributed by atoms with van der Waals surface area (Å²) in [7, 11) is -3.38. The Morgan fingerprint density at radius 2 is 1.76 bits per heavy atom. The first-order valence-electron chi connectivity index (χ1n) is 7.48. The molecule has 0 spiro atoms. The van der Waals surface area contributed by atoms with Crippen LogP contribution in [0.2, 0.25) is 0 Å². The normalized spacial score (nSPS) is 11.4. The number of nitrogens with zero attached hydrogens (tertiary/aromatic N) is 1. The van der Waals surface area contributed by atoms with Gasteiger partial charge in [-0.25, -0.2) is 8.42 Å². The Morgan fingerprint density at radius 1 is 1.14 bits per heavy atom. The highest BCUT2D eigenvalue weighted by Crippen LogP contribution is 2.13. The molecule has 1 aromatic carbocycles. The van der Waals surface area contributed by atoms with Crippen LogP contribution in [0.25, 0.3) is 0 Å². The van der Waals surface area contributed by atoms with Crippen LogP contribution in [-0.4, -0.2) is 38.1 Å². The smallest absolute Gasteiger partial charge is 0.223 e. The topological polar surface area (TPSA) is 54.5 Å². The van der Waals surface area contributed by atoms with Crippen molar-refractivity contribution < 1.29 is 13.2 Å². The minimum Gasteiger partial charge on any atom is -0.343 e. The van der Waals surface area contributed by atoms with Gasteiger partial charge in [0, 0.05) is 19.5 Å². The van der Waals surface area contributed by atoms with E-state index in [1.807, 2.05) is 13.8 Å². The molecule has 21 heavy (non-hydrogen) atoms. The molecular weight excluding hydrogens is 286 g/mol. The summed E-state index contributed by atoms with van der Waals surface area (Å²) >= 11 is 0. The van der Waals surface area contributed by atoms with Crippen LogP contribution >= 0.6 is 0 Å². The fraction of sp³-hybridized carbons (Fsp3) is 0.562. The van der Waals surface area contributed by atoms with Crippen LogP contribution < -0.4 is 0 Å². The molecule has 1 amide bonds. The fourth-order valence-corrected chi connectivity index (χ4v) is 3.28. The van der Waals surface area contributed by atoms with Gasteiger partial charge in [0.2, 0.25) is 5.91 Å². The molecule has 4 nitrogen and oxygen atoms in total. The second-order valence-corrected chi connectivity index (χ2v) is 7.32. The van der Waals surface area contributed by atoms with Crippen molar-refractivity contribution >= 4 is 15.7 Å². The van der Waals surface area contributed by atoms with Crippen LogP contribution in [0.1, 0.15) is 38.7 Å². The van der Waals surface area contributed by atoms with Gasteiger partial charge in [0.1, 0.15) is 0 Å². The van der Waals surface area contributed by atoms with Crippen molar-refractivity contribution in [2.75, 3.05) is 18.8 Å². The van der Waals surface area contributed by atoms with E-state index >= 15 is 0 Å². The van der Waals surface area contributed by atoms with Crippen LogP contribution in [-0.2, 0) is 14.6 Å². The lowest BCUT2D eigenvalue weighted by Gasteiger charge is -2.20. The molecule has 0 N–H and O–H groups in total. The van der Waals surface area contributed by atoms with Crippen LogP contribution in [0.4, 0.5) is 0 Å². The Balaban J connectivity index is 2.64. The number of hydrogen-bond donors (Lipinski definition) is 0. The van der Waals surface area contributed by atoms with Crippen molar-refractivity contribution in [2.45, 2.75) is 44.9 Å². The third kappa shape index (κ3) is 5.50. The monoisotopic (exact) mass is 311 g/mol. The highest BCUT2D eigenvalue weighted by Gasteiger charge is 2.18. The van der Waals surface area contributed by atoms with Gasteiger partial charge in [0.15, 0.2) is 9.84 Å². The molecule has 0 unspecified atom stereocenters. The van der Waals surface area contributed by atoms with Gasteiger partial charge in [0.05, 0.1) is 10.6 Å². The van der Waals surface area contributed by atoms with Gasteiger partial charge in [-0.15, -0.1) is 0 Å². The summed E-state index contributed by atoms with van der Waals surface area (Å²) in [5.41, 5.74) is 1.02. The summed E-state index contributed by atoms with van der Waals surface area (Å²) < 4.78 is 24.4. The van der Waals surface area contributed by atoms with Crippen LogP contribution in [0.5, 0.6) is 0 Å². The van der Waals surface area contributed by atoms with Crippen LogP contribution in [0, 0.1) is 6.92 Å². The molecule has 0 aromatic heterocycles. The predicted molar refractivity (Wildman–Crippen MR) is 85.0 cm³/mol. The van der Waals surface area contributed by atoms with Crippen LogP contribution in [0.15, 0.2) is 29.2 Å². The van der Waals surface area contributed by atoms with Gasteiger partial charge in [-0.2, -0.15) is 0 Å². The van der Waals surface area contributed by atoms with Crippen molar-refractivity contribution in [3.05, 3.63) is 29.8 Å². The fourth-order valence-electron chi connectivity index (χ4n) is 2.05. The number of hydrogen-bond acceptors (Lipinski definition) is 3. The first-order valence-corrected chi connectivity index (χ1v) is 9.13. The van der Waals surface area contributed by atoms with E-state index in [4.69, 9.17) is 0 Å². The van der Waals surface area contributed by atoms with E-state index in [1.54, 1.807) is 29.2 Å². The molecular formula is C16H25NO3S. The highest BCUT2D eigenvalue weighted by molar-refractivity contribution is 7.91. The van der Waals surface area contributed by atoms with E-state index < -0.39 is 9.84 Å². The first kappa shape index (κ1) is 17.7.